The molecule has 8 nitrogen and oxygen atoms in total. The number of hydrogen-bond acceptors (Lipinski definition) is 6. The van der Waals surface area contributed by atoms with Crippen LogP contribution in [0.5, 0.6) is 0 Å². The Kier molecular flexibility index (Phi) is 9.31. The smallest absolute Gasteiger partial charge is 0.252 e. The van der Waals surface area contributed by atoms with Crippen LogP contribution in [0, 0.1) is 0 Å². The largest absolute Gasteiger partial charge is 0.463 e. The molecule has 0 spiro atoms. The Morgan fingerprint density at radius 1 is 1.29 bits per heavy atom. The number of furan rings is 1. The van der Waals surface area contributed by atoms with Gasteiger partial charge in [0.05, 0.1) is 23.4 Å². The molecule has 0 atom stereocenters. The van der Waals surface area contributed by atoms with E-state index in [-0.39, 0.29) is 36.8 Å². The first kappa shape index (κ1) is 25.1. The monoisotopic (exact) mass is 468 g/mol. The van der Waals surface area contributed by atoms with Crippen LogP contribution in [-0.2, 0) is 0 Å². The summed E-state index contributed by atoms with van der Waals surface area (Å²) in [5, 5.41) is 11.6. The van der Waals surface area contributed by atoms with Crippen LogP contribution in [0.4, 0.5) is 0 Å². The molecule has 170 valence electrons. The van der Waals surface area contributed by atoms with Crippen LogP contribution in [0.15, 0.2) is 35.1 Å². The fraction of sp³-hybridized carbons (Fsp3) is 0.476. The molecule has 3 aromatic heterocycles. The Bertz CT molecular complexity index is 968. The highest BCUT2D eigenvalue weighted by Gasteiger charge is 2.19. The number of carbonyl (C=O) groups excluding carboxylic acids is 1. The molecule has 0 bridgehead atoms. The summed E-state index contributed by atoms with van der Waals surface area (Å²) in [7, 11) is 0. The third-order valence-electron chi connectivity index (χ3n) is 5.22. The molecule has 2 N–H and O–H groups in total. The van der Waals surface area contributed by atoms with Crippen LogP contribution < -0.4 is 10.6 Å². The van der Waals surface area contributed by atoms with Gasteiger partial charge in [-0.25, -0.2) is 9.67 Å². The summed E-state index contributed by atoms with van der Waals surface area (Å²) in [6, 6.07) is 5.59. The Morgan fingerprint density at radius 2 is 2.06 bits per heavy atom. The second-order valence-electron chi connectivity index (χ2n) is 7.65. The lowest BCUT2D eigenvalue weighted by atomic mass is 10.1. The van der Waals surface area contributed by atoms with Crippen LogP contribution in [0.25, 0.3) is 22.5 Å². The predicted molar refractivity (Wildman–Crippen MR) is 126 cm³/mol. The second kappa shape index (κ2) is 11.5. The molecule has 1 aliphatic heterocycles. The molecule has 0 aliphatic carbocycles. The molecule has 4 heterocycles. The SMILES string of the molecule is CC(C)n1ncc2c(C(=O)NCCCN3CCNCC3)cc(-c3ccco3)nc21.Cl.Cl. The van der Waals surface area contributed by atoms with E-state index in [1.807, 2.05) is 30.7 Å². The van der Waals surface area contributed by atoms with Gasteiger partial charge in [-0.15, -0.1) is 24.8 Å². The van der Waals surface area contributed by atoms with Gasteiger partial charge in [-0.1, -0.05) is 0 Å². The number of rotatable bonds is 7. The summed E-state index contributed by atoms with van der Waals surface area (Å²) in [6.45, 7) is 9.94. The van der Waals surface area contributed by atoms with Gasteiger partial charge in [0.15, 0.2) is 11.4 Å². The Morgan fingerprint density at radius 3 is 2.74 bits per heavy atom. The van der Waals surface area contributed by atoms with Gasteiger partial charge in [-0.3, -0.25) is 4.79 Å². The van der Waals surface area contributed by atoms with E-state index in [4.69, 9.17) is 9.40 Å². The van der Waals surface area contributed by atoms with Crippen molar-refractivity contribution in [2.75, 3.05) is 39.3 Å². The summed E-state index contributed by atoms with van der Waals surface area (Å²) >= 11 is 0. The molecule has 1 saturated heterocycles. The van der Waals surface area contributed by atoms with Crippen molar-refractivity contribution >= 4 is 41.8 Å². The van der Waals surface area contributed by atoms with Crippen molar-refractivity contribution in [2.45, 2.75) is 26.3 Å². The first-order valence-electron chi connectivity index (χ1n) is 10.3. The van der Waals surface area contributed by atoms with Crippen LogP contribution in [0.3, 0.4) is 0 Å². The average Bonchev–Trinajstić information content (AvgIpc) is 3.41. The molecule has 1 amide bonds. The van der Waals surface area contributed by atoms with E-state index in [0.717, 1.165) is 44.5 Å². The lowest BCUT2D eigenvalue weighted by Crippen LogP contribution is -2.44. The maximum atomic E-state index is 13.0. The van der Waals surface area contributed by atoms with Gasteiger partial charge in [0.2, 0.25) is 0 Å². The normalized spacial score (nSPS) is 14.3. The van der Waals surface area contributed by atoms with Crippen molar-refractivity contribution in [3.63, 3.8) is 0 Å². The number of amides is 1. The summed E-state index contributed by atoms with van der Waals surface area (Å²) in [4.78, 5) is 20.1. The Hall–Kier alpha value is -2.13. The summed E-state index contributed by atoms with van der Waals surface area (Å²) in [5.41, 5.74) is 1.91. The highest BCUT2D eigenvalue weighted by atomic mass is 35.5. The summed E-state index contributed by atoms with van der Waals surface area (Å²) in [6.07, 6.45) is 4.26. The zero-order valence-corrected chi connectivity index (χ0v) is 19.5. The zero-order chi connectivity index (χ0) is 20.2. The van der Waals surface area contributed by atoms with Crippen molar-refractivity contribution in [1.82, 2.24) is 30.3 Å². The molecule has 31 heavy (non-hydrogen) atoms. The minimum atomic E-state index is -0.103. The number of piperazine rings is 1. The quantitative estimate of drug-likeness (QED) is 0.517. The predicted octanol–water partition coefficient (Wildman–Crippen LogP) is 3.14. The van der Waals surface area contributed by atoms with Crippen LogP contribution >= 0.6 is 24.8 Å². The van der Waals surface area contributed by atoms with Crippen LogP contribution in [0.2, 0.25) is 0 Å². The van der Waals surface area contributed by atoms with E-state index in [1.165, 1.54) is 0 Å². The van der Waals surface area contributed by atoms with Crippen molar-refractivity contribution < 1.29 is 9.21 Å². The van der Waals surface area contributed by atoms with Crippen LogP contribution in [0.1, 0.15) is 36.7 Å². The van der Waals surface area contributed by atoms with Gasteiger partial charge >= 0.3 is 0 Å². The standard InChI is InChI=1S/C21H28N6O2.2ClH/c1-15(2)27-20-17(14-24-27)16(13-18(25-20)19-5-3-12-29-19)21(28)23-6-4-9-26-10-7-22-8-11-26;;/h3,5,12-15,22H,4,6-11H2,1-2H3,(H,23,28);2*1H. The number of halogens is 2. The molecule has 10 heteroatoms. The Labute approximate surface area is 194 Å². The molecule has 3 aromatic rings. The van der Waals surface area contributed by atoms with Gasteiger partial charge < -0.3 is 20.0 Å². The number of nitrogens with zero attached hydrogens (tertiary/aromatic N) is 4. The number of aromatic nitrogens is 3. The van der Waals surface area contributed by atoms with Gasteiger partial charge in [-0.2, -0.15) is 5.10 Å². The zero-order valence-electron chi connectivity index (χ0n) is 17.8. The van der Waals surface area contributed by atoms with Crippen molar-refractivity contribution in [3.05, 3.63) is 36.2 Å². The van der Waals surface area contributed by atoms with Gasteiger partial charge in [0.1, 0.15) is 5.69 Å². The van der Waals surface area contributed by atoms with Crippen molar-refractivity contribution in [3.8, 4) is 11.5 Å². The molecule has 0 aromatic carbocycles. The minimum absolute atomic E-state index is 0. The first-order chi connectivity index (χ1) is 14.1. The van der Waals surface area contributed by atoms with E-state index in [1.54, 1.807) is 18.5 Å². The van der Waals surface area contributed by atoms with Gasteiger partial charge in [-0.05, 0) is 45.0 Å². The van der Waals surface area contributed by atoms with Crippen molar-refractivity contribution in [1.29, 1.82) is 0 Å². The number of hydrogen-bond donors (Lipinski definition) is 2. The number of carbonyl (C=O) groups is 1. The molecular weight excluding hydrogens is 439 g/mol. The van der Waals surface area contributed by atoms with Crippen molar-refractivity contribution in [2.24, 2.45) is 0 Å². The molecule has 0 radical (unpaired) electrons. The van der Waals surface area contributed by atoms with E-state index < -0.39 is 0 Å². The molecule has 1 aliphatic rings. The third-order valence-corrected chi connectivity index (χ3v) is 5.22. The van der Waals surface area contributed by atoms with Gasteiger partial charge in [0.25, 0.3) is 5.91 Å². The maximum absolute atomic E-state index is 13.0. The Balaban J connectivity index is 0.00000171. The van der Waals surface area contributed by atoms with E-state index in [2.05, 4.69) is 20.6 Å². The fourth-order valence-electron chi connectivity index (χ4n) is 3.67. The lowest BCUT2D eigenvalue weighted by Gasteiger charge is -2.27. The summed E-state index contributed by atoms with van der Waals surface area (Å²) in [5.74, 6) is 0.532. The minimum Gasteiger partial charge on any atom is -0.463 e. The number of pyridine rings is 1. The summed E-state index contributed by atoms with van der Waals surface area (Å²) < 4.78 is 7.35. The molecule has 0 unspecified atom stereocenters. The van der Waals surface area contributed by atoms with Gasteiger partial charge in [0, 0.05) is 38.8 Å². The number of nitrogens with one attached hydrogen (secondary N) is 2. The van der Waals surface area contributed by atoms with E-state index in [0.29, 0.717) is 29.2 Å². The molecular formula is C21H30Cl2N6O2. The average molecular weight is 469 g/mol. The molecule has 1 fully saturated rings. The van der Waals surface area contributed by atoms with E-state index in [9.17, 15) is 4.79 Å². The first-order valence-corrected chi connectivity index (χ1v) is 10.3. The molecule has 0 saturated carbocycles. The third kappa shape index (κ3) is 5.77. The highest BCUT2D eigenvalue weighted by Crippen LogP contribution is 2.26. The van der Waals surface area contributed by atoms with Crippen LogP contribution in [-0.4, -0.2) is 64.8 Å². The molecule has 4 rings (SSSR count). The topological polar surface area (TPSA) is 88.2 Å². The fourth-order valence-corrected chi connectivity index (χ4v) is 3.67. The maximum Gasteiger partial charge on any atom is 0.252 e. The second-order valence-corrected chi connectivity index (χ2v) is 7.65. The number of fused-ring (bicyclic) bond motifs is 1. The van der Waals surface area contributed by atoms with E-state index >= 15 is 0 Å². The lowest BCUT2D eigenvalue weighted by molar-refractivity contribution is 0.0953. The highest BCUT2D eigenvalue weighted by molar-refractivity contribution is 6.06.